The van der Waals surface area contributed by atoms with E-state index in [1.54, 1.807) is 11.3 Å². The van der Waals surface area contributed by atoms with Gasteiger partial charge in [-0.15, -0.1) is 11.3 Å². The second-order valence-electron chi connectivity index (χ2n) is 3.62. The van der Waals surface area contributed by atoms with Crippen molar-refractivity contribution in [3.05, 3.63) is 48.5 Å². The third kappa shape index (κ3) is 1.95. The number of para-hydroxylation sites is 1. The van der Waals surface area contributed by atoms with Crippen molar-refractivity contribution in [2.75, 3.05) is 0 Å². The first-order chi connectivity index (χ1) is 8.38. The summed E-state index contributed by atoms with van der Waals surface area (Å²) in [6.07, 6.45) is 0. The van der Waals surface area contributed by atoms with Gasteiger partial charge in [0.15, 0.2) is 4.34 Å². The predicted octanol–water partition coefficient (Wildman–Crippen LogP) is 3.93. The van der Waals surface area contributed by atoms with Gasteiger partial charge in [-0.1, -0.05) is 42.5 Å². The highest BCUT2D eigenvalue weighted by Gasteiger charge is 2.08. The minimum atomic E-state index is 0.906. The lowest BCUT2D eigenvalue weighted by Gasteiger charge is -2.01. The summed E-state index contributed by atoms with van der Waals surface area (Å²) in [5.41, 5.74) is 3.40. The molecule has 0 saturated heterocycles. The number of rotatable bonds is 2. The van der Waals surface area contributed by atoms with Crippen LogP contribution < -0.4 is 5.14 Å². The van der Waals surface area contributed by atoms with Crippen molar-refractivity contribution in [1.29, 1.82) is 0 Å². The number of nitrogens with two attached hydrogens (primary N) is 1. The van der Waals surface area contributed by atoms with Crippen LogP contribution in [-0.4, -0.2) is 4.98 Å². The van der Waals surface area contributed by atoms with Crippen molar-refractivity contribution >= 4 is 33.5 Å². The van der Waals surface area contributed by atoms with Gasteiger partial charge in [0.1, 0.15) is 0 Å². The molecule has 0 radical (unpaired) electrons. The van der Waals surface area contributed by atoms with Crippen LogP contribution in [0, 0.1) is 0 Å². The molecule has 0 amide bonds. The summed E-state index contributed by atoms with van der Waals surface area (Å²) < 4.78 is 2.09. The first-order valence-corrected chi connectivity index (χ1v) is 6.90. The fourth-order valence-corrected chi connectivity index (χ4v) is 3.16. The van der Waals surface area contributed by atoms with Gasteiger partial charge < -0.3 is 0 Å². The highest BCUT2D eigenvalue weighted by molar-refractivity contribution is 7.99. The van der Waals surface area contributed by atoms with Crippen molar-refractivity contribution < 1.29 is 0 Å². The van der Waals surface area contributed by atoms with Gasteiger partial charge in [-0.3, -0.25) is 5.14 Å². The maximum Gasteiger partial charge on any atom is 0.165 e. The van der Waals surface area contributed by atoms with E-state index < -0.39 is 0 Å². The molecule has 0 spiro atoms. The molecular weight excluding hydrogens is 248 g/mol. The Hall–Kier alpha value is -1.36. The smallest absolute Gasteiger partial charge is 0.165 e. The van der Waals surface area contributed by atoms with Crippen LogP contribution in [-0.2, 0) is 0 Å². The van der Waals surface area contributed by atoms with Crippen molar-refractivity contribution in [1.82, 2.24) is 4.98 Å². The molecule has 0 bridgehead atoms. The van der Waals surface area contributed by atoms with Crippen LogP contribution >= 0.6 is 23.3 Å². The molecule has 3 aromatic rings. The van der Waals surface area contributed by atoms with Crippen LogP contribution in [0.1, 0.15) is 0 Å². The zero-order chi connectivity index (χ0) is 11.7. The number of hydrogen-bond acceptors (Lipinski definition) is 4. The normalized spacial score (nSPS) is 10.9. The third-order valence-corrected chi connectivity index (χ3v) is 4.23. The Morgan fingerprint density at radius 2 is 1.82 bits per heavy atom. The summed E-state index contributed by atoms with van der Waals surface area (Å²) in [4.78, 5) is 4.56. The monoisotopic (exact) mass is 258 g/mol. The van der Waals surface area contributed by atoms with Crippen LogP contribution in [0.3, 0.4) is 0 Å². The van der Waals surface area contributed by atoms with Gasteiger partial charge in [0, 0.05) is 5.56 Å². The Kier molecular flexibility index (Phi) is 2.84. The SMILES string of the molecule is NSc1nc2c(-c3ccccc3)cccc2s1. The second-order valence-corrected chi connectivity index (χ2v) is 5.53. The second kappa shape index (κ2) is 4.49. The lowest BCUT2D eigenvalue weighted by atomic mass is 10.1. The van der Waals surface area contributed by atoms with E-state index in [9.17, 15) is 0 Å². The predicted molar refractivity (Wildman–Crippen MR) is 75.1 cm³/mol. The molecule has 0 aliphatic heterocycles. The number of nitrogens with zero attached hydrogens (tertiary/aromatic N) is 1. The van der Waals surface area contributed by atoms with Crippen LogP contribution in [0.4, 0.5) is 0 Å². The lowest BCUT2D eigenvalue weighted by Crippen LogP contribution is -1.80. The lowest BCUT2D eigenvalue weighted by molar-refractivity contribution is 1.30. The van der Waals surface area contributed by atoms with Gasteiger partial charge in [0.05, 0.1) is 10.2 Å². The van der Waals surface area contributed by atoms with Crippen LogP contribution in [0.15, 0.2) is 52.9 Å². The van der Waals surface area contributed by atoms with E-state index in [0.29, 0.717) is 0 Å². The van der Waals surface area contributed by atoms with E-state index in [-0.39, 0.29) is 0 Å². The minimum Gasteiger partial charge on any atom is -0.272 e. The summed E-state index contributed by atoms with van der Waals surface area (Å²) >= 11 is 2.84. The molecular formula is C13H10N2S2. The third-order valence-electron chi connectivity index (χ3n) is 2.58. The first kappa shape index (κ1) is 10.8. The molecule has 2 N–H and O–H groups in total. The highest BCUT2D eigenvalue weighted by atomic mass is 32.2. The van der Waals surface area contributed by atoms with Gasteiger partial charge >= 0.3 is 0 Å². The maximum absolute atomic E-state index is 5.57. The van der Waals surface area contributed by atoms with E-state index in [4.69, 9.17) is 5.14 Å². The molecule has 0 fully saturated rings. The Balaban J connectivity index is 2.26. The molecule has 0 saturated carbocycles. The summed E-state index contributed by atoms with van der Waals surface area (Å²) in [7, 11) is 0. The largest absolute Gasteiger partial charge is 0.272 e. The van der Waals surface area contributed by atoms with Crippen molar-refractivity contribution in [3.8, 4) is 11.1 Å². The molecule has 17 heavy (non-hydrogen) atoms. The van der Waals surface area contributed by atoms with Crippen LogP contribution in [0.25, 0.3) is 21.3 Å². The van der Waals surface area contributed by atoms with Crippen LogP contribution in [0.2, 0.25) is 0 Å². The van der Waals surface area contributed by atoms with Gasteiger partial charge in [-0.25, -0.2) is 4.98 Å². The standard InChI is InChI=1S/C13H10N2S2/c14-17-13-15-12-10(7-4-8-11(12)16-13)9-5-2-1-3-6-9/h1-8H,14H2. The number of fused-ring (bicyclic) bond motifs is 1. The quantitative estimate of drug-likeness (QED) is 0.708. The fraction of sp³-hybridized carbons (Fsp3) is 0. The molecule has 1 heterocycles. The topological polar surface area (TPSA) is 38.9 Å². The van der Waals surface area contributed by atoms with Crippen LogP contribution in [0.5, 0.6) is 0 Å². The Morgan fingerprint density at radius 1 is 1.00 bits per heavy atom. The first-order valence-electron chi connectivity index (χ1n) is 5.20. The van der Waals surface area contributed by atoms with Gasteiger partial charge in [-0.2, -0.15) is 0 Å². The molecule has 2 nitrogen and oxygen atoms in total. The summed E-state index contributed by atoms with van der Waals surface area (Å²) in [6.45, 7) is 0. The maximum atomic E-state index is 5.57. The number of thiazole rings is 1. The summed E-state index contributed by atoms with van der Waals surface area (Å²) in [5, 5.41) is 5.57. The molecule has 0 unspecified atom stereocenters. The van der Waals surface area contributed by atoms with E-state index in [0.717, 1.165) is 9.86 Å². The summed E-state index contributed by atoms with van der Waals surface area (Å²) in [5.74, 6) is 0. The molecule has 2 aromatic carbocycles. The van der Waals surface area contributed by atoms with E-state index in [2.05, 4.69) is 35.3 Å². The van der Waals surface area contributed by atoms with Gasteiger partial charge in [0.2, 0.25) is 0 Å². The zero-order valence-corrected chi connectivity index (χ0v) is 10.6. The summed E-state index contributed by atoms with van der Waals surface area (Å²) in [6, 6.07) is 16.5. The average Bonchev–Trinajstić information content (AvgIpc) is 2.82. The molecule has 84 valence electrons. The zero-order valence-electron chi connectivity index (χ0n) is 8.96. The Bertz CT molecular complexity index is 647. The van der Waals surface area contributed by atoms with Crippen molar-refractivity contribution in [2.45, 2.75) is 4.34 Å². The fourth-order valence-electron chi connectivity index (χ4n) is 1.83. The molecule has 4 heteroatoms. The number of hydrogen-bond donors (Lipinski definition) is 1. The van der Waals surface area contributed by atoms with Crippen molar-refractivity contribution in [2.24, 2.45) is 5.14 Å². The Morgan fingerprint density at radius 3 is 2.59 bits per heavy atom. The van der Waals surface area contributed by atoms with E-state index in [1.165, 1.54) is 27.8 Å². The van der Waals surface area contributed by atoms with Crippen molar-refractivity contribution in [3.63, 3.8) is 0 Å². The highest BCUT2D eigenvalue weighted by Crippen LogP contribution is 2.33. The molecule has 0 aliphatic carbocycles. The molecule has 0 atom stereocenters. The number of aromatic nitrogens is 1. The average molecular weight is 258 g/mol. The van der Waals surface area contributed by atoms with E-state index >= 15 is 0 Å². The molecule has 1 aromatic heterocycles. The minimum absolute atomic E-state index is 0.906. The molecule has 0 aliphatic rings. The van der Waals surface area contributed by atoms with E-state index in [1.807, 2.05) is 18.2 Å². The van der Waals surface area contributed by atoms with Gasteiger partial charge in [0.25, 0.3) is 0 Å². The molecule has 3 rings (SSSR count). The van der Waals surface area contributed by atoms with Gasteiger partial charge in [-0.05, 0) is 23.6 Å². The Labute approximate surface area is 108 Å². The number of benzene rings is 2.